The van der Waals surface area contributed by atoms with Crippen LogP contribution in [0.3, 0.4) is 0 Å². The predicted octanol–water partition coefficient (Wildman–Crippen LogP) is 2.48. The number of benzene rings is 1. The molecule has 1 aliphatic heterocycles. The van der Waals surface area contributed by atoms with Crippen LogP contribution < -0.4 is 9.47 Å². The van der Waals surface area contributed by atoms with Crippen LogP contribution in [0.25, 0.3) is 0 Å². The van der Waals surface area contributed by atoms with Crippen LogP contribution in [0.1, 0.15) is 24.8 Å². The van der Waals surface area contributed by atoms with Gasteiger partial charge in [0.05, 0.1) is 20.3 Å². The summed E-state index contributed by atoms with van der Waals surface area (Å²) < 4.78 is 16.4. The molecule has 0 aromatic heterocycles. The number of fused-ring (bicyclic) bond motifs is 1. The normalized spacial score (nSPS) is 31.0. The Morgan fingerprint density at radius 2 is 1.88 bits per heavy atom. The van der Waals surface area contributed by atoms with E-state index in [1.165, 1.54) is 18.4 Å². The summed E-state index contributed by atoms with van der Waals surface area (Å²) in [4.78, 5) is 0. The lowest BCUT2D eigenvalue weighted by Gasteiger charge is -2.12. The minimum Gasteiger partial charge on any atom is -0.497 e. The summed E-state index contributed by atoms with van der Waals surface area (Å²) in [6.45, 7) is 0. The standard InChI is InChI=1S/C13H16O3/c1-14-10-6-9(7-11(8-10)15-2)13-5-3-4-12(13)16-13/h6-8,12H,3-5H2,1-2H3. The maximum Gasteiger partial charge on any atom is 0.122 e. The number of epoxide rings is 1. The van der Waals surface area contributed by atoms with Crippen molar-refractivity contribution < 1.29 is 14.2 Å². The van der Waals surface area contributed by atoms with E-state index < -0.39 is 0 Å². The SMILES string of the molecule is COc1cc(OC)cc(C23CCCC2O3)c1. The molecule has 86 valence electrons. The Morgan fingerprint density at radius 1 is 1.19 bits per heavy atom. The molecule has 3 heteroatoms. The summed E-state index contributed by atoms with van der Waals surface area (Å²) in [6.07, 6.45) is 3.97. The molecule has 1 saturated heterocycles. The molecule has 0 spiro atoms. The van der Waals surface area contributed by atoms with Crippen LogP contribution in [-0.2, 0) is 10.3 Å². The number of hydrogen-bond donors (Lipinski definition) is 0. The van der Waals surface area contributed by atoms with Gasteiger partial charge in [-0.25, -0.2) is 0 Å². The fourth-order valence-corrected chi connectivity index (χ4v) is 2.73. The summed E-state index contributed by atoms with van der Waals surface area (Å²) >= 11 is 0. The van der Waals surface area contributed by atoms with E-state index in [0.29, 0.717) is 6.10 Å². The summed E-state index contributed by atoms with van der Waals surface area (Å²) in [5.41, 5.74) is 1.17. The zero-order valence-corrected chi connectivity index (χ0v) is 9.66. The molecule has 16 heavy (non-hydrogen) atoms. The average Bonchev–Trinajstić information content (AvgIpc) is 2.91. The van der Waals surface area contributed by atoms with Crippen LogP contribution in [0.5, 0.6) is 11.5 Å². The highest BCUT2D eigenvalue weighted by Crippen LogP contribution is 2.58. The molecule has 0 radical (unpaired) electrons. The molecular weight excluding hydrogens is 204 g/mol. The molecule has 0 amide bonds. The van der Waals surface area contributed by atoms with Gasteiger partial charge in [0.15, 0.2) is 0 Å². The van der Waals surface area contributed by atoms with Gasteiger partial charge in [-0.3, -0.25) is 0 Å². The number of methoxy groups -OCH3 is 2. The molecule has 2 aliphatic rings. The molecule has 1 saturated carbocycles. The second-order valence-corrected chi connectivity index (χ2v) is 4.49. The Morgan fingerprint density at radius 3 is 2.31 bits per heavy atom. The van der Waals surface area contributed by atoms with Gasteiger partial charge < -0.3 is 14.2 Å². The highest BCUT2D eigenvalue weighted by atomic mass is 16.6. The van der Waals surface area contributed by atoms with Gasteiger partial charge in [0.1, 0.15) is 17.1 Å². The first-order valence-corrected chi connectivity index (χ1v) is 5.70. The van der Waals surface area contributed by atoms with Crippen LogP contribution in [0, 0.1) is 0 Å². The molecule has 3 rings (SSSR count). The molecule has 1 aromatic rings. The monoisotopic (exact) mass is 220 g/mol. The zero-order valence-electron chi connectivity index (χ0n) is 9.66. The van der Waals surface area contributed by atoms with E-state index in [9.17, 15) is 0 Å². The lowest BCUT2D eigenvalue weighted by atomic mass is 9.96. The Hall–Kier alpha value is -1.22. The van der Waals surface area contributed by atoms with Crippen LogP contribution in [0.2, 0.25) is 0 Å². The maximum atomic E-state index is 5.81. The van der Waals surface area contributed by atoms with E-state index >= 15 is 0 Å². The van der Waals surface area contributed by atoms with Gasteiger partial charge >= 0.3 is 0 Å². The third-order valence-electron chi connectivity index (χ3n) is 3.67. The predicted molar refractivity (Wildman–Crippen MR) is 59.9 cm³/mol. The first-order valence-electron chi connectivity index (χ1n) is 5.70. The highest BCUT2D eigenvalue weighted by molar-refractivity contribution is 5.44. The summed E-state index contributed by atoms with van der Waals surface area (Å²) in [5, 5.41) is 0. The third kappa shape index (κ3) is 1.31. The molecule has 2 unspecified atom stereocenters. The fraction of sp³-hybridized carbons (Fsp3) is 0.538. The molecule has 3 nitrogen and oxygen atoms in total. The number of hydrogen-bond acceptors (Lipinski definition) is 3. The maximum absolute atomic E-state index is 5.81. The molecule has 1 aliphatic carbocycles. The third-order valence-corrected chi connectivity index (χ3v) is 3.67. The molecule has 1 heterocycles. The molecule has 2 atom stereocenters. The van der Waals surface area contributed by atoms with Crippen molar-refractivity contribution in [3.8, 4) is 11.5 Å². The van der Waals surface area contributed by atoms with Gasteiger partial charge in [-0.2, -0.15) is 0 Å². The van der Waals surface area contributed by atoms with Crippen molar-refractivity contribution in [3.05, 3.63) is 23.8 Å². The van der Waals surface area contributed by atoms with Crippen LogP contribution in [-0.4, -0.2) is 20.3 Å². The number of rotatable bonds is 3. The second kappa shape index (κ2) is 3.39. The van der Waals surface area contributed by atoms with Crippen molar-refractivity contribution >= 4 is 0 Å². The first kappa shape index (κ1) is 9.97. The fourth-order valence-electron chi connectivity index (χ4n) is 2.73. The summed E-state index contributed by atoms with van der Waals surface area (Å²) in [7, 11) is 3.35. The van der Waals surface area contributed by atoms with Gasteiger partial charge in [-0.05, 0) is 37.0 Å². The van der Waals surface area contributed by atoms with Gasteiger partial charge in [-0.1, -0.05) is 0 Å². The minimum atomic E-state index is -0.0260. The van der Waals surface area contributed by atoms with Gasteiger partial charge in [0.2, 0.25) is 0 Å². The van der Waals surface area contributed by atoms with E-state index in [0.717, 1.165) is 17.9 Å². The Labute approximate surface area is 95.3 Å². The largest absolute Gasteiger partial charge is 0.497 e. The van der Waals surface area contributed by atoms with E-state index in [1.807, 2.05) is 6.07 Å². The zero-order chi connectivity index (χ0) is 11.2. The van der Waals surface area contributed by atoms with Gasteiger partial charge in [-0.15, -0.1) is 0 Å². The van der Waals surface area contributed by atoms with Gasteiger partial charge in [0.25, 0.3) is 0 Å². The van der Waals surface area contributed by atoms with Gasteiger partial charge in [0, 0.05) is 6.07 Å². The molecule has 0 bridgehead atoms. The highest BCUT2D eigenvalue weighted by Gasteiger charge is 2.60. The van der Waals surface area contributed by atoms with Crippen LogP contribution in [0.15, 0.2) is 18.2 Å². The minimum absolute atomic E-state index is 0.0260. The van der Waals surface area contributed by atoms with Crippen molar-refractivity contribution in [1.82, 2.24) is 0 Å². The summed E-state index contributed by atoms with van der Waals surface area (Å²) in [6, 6.07) is 6.02. The smallest absolute Gasteiger partial charge is 0.122 e. The average molecular weight is 220 g/mol. The first-order chi connectivity index (χ1) is 7.78. The lowest BCUT2D eigenvalue weighted by molar-refractivity contribution is 0.252. The van der Waals surface area contributed by atoms with Crippen LogP contribution in [0.4, 0.5) is 0 Å². The van der Waals surface area contributed by atoms with E-state index in [-0.39, 0.29) is 5.60 Å². The van der Waals surface area contributed by atoms with Crippen molar-refractivity contribution in [2.24, 2.45) is 0 Å². The van der Waals surface area contributed by atoms with Crippen molar-refractivity contribution in [2.45, 2.75) is 31.0 Å². The second-order valence-electron chi connectivity index (χ2n) is 4.49. The van der Waals surface area contributed by atoms with Crippen molar-refractivity contribution in [1.29, 1.82) is 0 Å². The Balaban J connectivity index is 2.00. The van der Waals surface area contributed by atoms with E-state index in [2.05, 4.69) is 12.1 Å². The topological polar surface area (TPSA) is 31.0 Å². The Kier molecular flexibility index (Phi) is 2.11. The summed E-state index contributed by atoms with van der Waals surface area (Å²) in [5.74, 6) is 1.68. The lowest BCUT2D eigenvalue weighted by Crippen LogP contribution is -2.07. The molecule has 2 fully saturated rings. The molecule has 1 aromatic carbocycles. The van der Waals surface area contributed by atoms with E-state index in [1.54, 1.807) is 14.2 Å². The quantitative estimate of drug-likeness (QED) is 0.733. The van der Waals surface area contributed by atoms with Crippen molar-refractivity contribution in [3.63, 3.8) is 0 Å². The molecular formula is C13H16O3. The van der Waals surface area contributed by atoms with Crippen molar-refractivity contribution in [2.75, 3.05) is 14.2 Å². The van der Waals surface area contributed by atoms with Crippen LogP contribution >= 0.6 is 0 Å². The molecule has 0 N–H and O–H groups in total. The van der Waals surface area contributed by atoms with E-state index in [4.69, 9.17) is 14.2 Å². The Bertz CT molecular complexity index is 393. The number of ether oxygens (including phenoxy) is 3.